The smallest absolute Gasteiger partial charge is 0.272 e. The van der Waals surface area contributed by atoms with Crippen molar-refractivity contribution >= 4 is 11.6 Å². The summed E-state index contributed by atoms with van der Waals surface area (Å²) < 4.78 is 1.86. The van der Waals surface area contributed by atoms with E-state index in [1.165, 1.54) is 0 Å². The highest BCUT2D eigenvalue weighted by Crippen LogP contribution is 2.22. The van der Waals surface area contributed by atoms with Crippen LogP contribution in [0, 0.1) is 6.92 Å². The van der Waals surface area contributed by atoms with E-state index in [4.69, 9.17) is 0 Å². The Balaban J connectivity index is 1.67. The molecule has 0 atom stereocenters. The molecule has 0 aliphatic rings. The summed E-state index contributed by atoms with van der Waals surface area (Å²) in [5.41, 5.74) is 4.36. The summed E-state index contributed by atoms with van der Waals surface area (Å²) in [4.78, 5) is 17.3. The number of benzene rings is 2. The number of nitrogens with zero attached hydrogens (tertiary/aromatic N) is 2. The number of nitrogens with one attached hydrogen (secondary N) is 1. The zero-order chi connectivity index (χ0) is 17.9. The fourth-order valence-corrected chi connectivity index (χ4v) is 3.05. The molecule has 0 bridgehead atoms. The van der Waals surface area contributed by atoms with Gasteiger partial charge in [0.1, 0.15) is 11.3 Å². The van der Waals surface area contributed by atoms with E-state index in [0.717, 1.165) is 22.3 Å². The first-order chi connectivity index (χ1) is 12.7. The summed E-state index contributed by atoms with van der Waals surface area (Å²) in [7, 11) is 0. The number of fused-ring (bicyclic) bond motifs is 1. The summed E-state index contributed by atoms with van der Waals surface area (Å²) in [6.45, 7) is 2.01. The second-order valence-electron chi connectivity index (χ2n) is 6.32. The molecule has 26 heavy (non-hydrogen) atoms. The maximum atomic E-state index is 12.9. The molecule has 2 aromatic carbocycles. The number of carbonyl (C=O) groups excluding carboxylic acids is 1. The molecule has 1 N–H and O–H groups in total. The number of hydrogen-bond donors (Lipinski definition) is 1. The summed E-state index contributed by atoms with van der Waals surface area (Å²) in [5, 5.41) is 3.13. The lowest BCUT2D eigenvalue weighted by Crippen LogP contribution is -2.29. The first-order valence-electron chi connectivity index (χ1n) is 8.57. The van der Waals surface area contributed by atoms with Gasteiger partial charge in [0.2, 0.25) is 0 Å². The van der Waals surface area contributed by atoms with Crippen LogP contribution < -0.4 is 5.32 Å². The predicted molar refractivity (Wildman–Crippen MR) is 102 cm³/mol. The minimum absolute atomic E-state index is 0.191. The number of pyridine rings is 1. The van der Waals surface area contributed by atoms with Crippen LogP contribution in [0.15, 0.2) is 85.2 Å². The molecular formula is C22H19N3O. The SMILES string of the molecule is Cc1ccn2cc(C(=O)NC(c3ccccc3)c3ccccc3)nc2c1. The number of imidazole rings is 1. The van der Waals surface area contributed by atoms with Crippen molar-refractivity contribution in [3.05, 3.63) is 108 Å². The highest BCUT2D eigenvalue weighted by molar-refractivity contribution is 5.93. The quantitative estimate of drug-likeness (QED) is 0.606. The maximum Gasteiger partial charge on any atom is 0.272 e. The van der Waals surface area contributed by atoms with E-state index in [1.807, 2.05) is 90.3 Å². The van der Waals surface area contributed by atoms with Gasteiger partial charge in [-0.3, -0.25) is 4.79 Å². The molecule has 4 rings (SSSR count). The molecule has 2 heterocycles. The number of aryl methyl sites for hydroxylation is 1. The summed E-state index contributed by atoms with van der Waals surface area (Å²) >= 11 is 0. The van der Waals surface area contributed by atoms with Crippen molar-refractivity contribution in [2.75, 3.05) is 0 Å². The third kappa shape index (κ3) is 3.22. The predicted octanol–water partition coefficient (Wildman–Crippen LogP) is 4.16. The van der Waals surface area contributed by atoms with Crippen LogP contribution in [0.25, 0.3) is 5.65 Å². The maximum absolute atomic E-state index is 12.9. The summed E-state index contributed by atoms with van der Waals surface area (Å²) in [5.74, 6) is -0.191. The molecule has 0 fully saturated rings. The van der Waals surface area contributed by atoms with Gasteiger partial charge in [-0.1, -0.05) is 60.7 Å². The van der Waals surface area contributed by atoms with Gasteiger partial charge in [-0.25, -0.2) is 4.98 Å². The standard InChI is InChI=1S/C22H19N3O/c1-16-12-13-25-15-19(23-20(25)14-16)22(26)24-21(17-8-4-2-5-9-17)18-10-6-3-7-11-18/h2-15,21H,1H3,(H,24,26). The van der Waals surface area contributed by atoms with Crippen molar-refractivity contribution < 1.29 is 4.79 Å². The van der Waals surface area contributed by atoms with Crippen molar-refractivity contribution in [2.24, 2.45) is 0 Å². The Morgan fingerprint density at radius 3 is 2.19 bits per heavy atom. The van der Waals surface area contributed by atoms with Crippen LogP contribution in [-0.2, 0) is 0 Å². The van der Waals surface area contributed by atoms with Crippen LogP contribution in [-0.4, -0.2) is 15.3 Å². The molecule has 0 spiro atoms. The molecule has 0 saturated carbocycles. The van der Waals surface area contributed by atoms with Gasteiger partial charge >= 0.3 is 0 Å². The zero-order valence-corrected chi connectivity index (χ0v) is 14.5. The molecule has 0 radical (unpaired) electrons. The number of carbonyl (C=O) groups is 1. The number of rotatable bonds is 4. The second kappa shape index (κ2) is 6.84. The second-order valence-corrected chi connectivity index (χ2v) is 6.32. The Kier molecular flexibility index (Phi) is 4.23. The Hall–Kier alpha value is -3.40. The first kappa shape index (κ1) is 16.1. The number of amides is 1. The van der Waals surface area contributed by atoms with Crippen molar-refractivity contribution in [1.29, 1.82) is 0 Å². The fourth-order valence-electron chi connectivity index (χ4n) is 3.05. The van der Waals surface area contributed by atoms with Crippen molar-refractivity contribution in [3.8, 4) is 0 Å². The van der Waals surface area contributed by atoms with Crippen molar-refractivity contribution in [1.82, 2.24) is 14.7 Å². The van der Waals surface area contributed by atoms with Crippen LogP contribution in [0.1, 0.15) is 33.2 Å². The fraction of sp³-hybridized carbons (Fsp3) is 0.0909. The lowest BCUT2D eigenvalue weighted by Gasteiger charge is -2.19. The Bertz CT molecular complexity index is 999. The van der Waals surface area contributed by atoms with Gasteiger partial charge < -0.3 is 9.72 Å². The highest BCUT2D eigenvalue weighted by Gasteiger charge is 2.19. The lowest BCUT2D eigenvalue weighted by atomic mass is 9.98. The molecule has 0 saturated heterocycles. The minimum atomic E-state index is -0.226. The van der Waals surface area contributed by atoms with Gasteiger partial charge in [0.25, 0.3) is 5.91 Å². The molecule has 1 amide bonds. The third-order valence-electron chi connectivity index (χ3n) is 4.39. The van der Waals surface area contributed by atoms with E-state index >= 15 is 0 Å². The van der Waals surface area contributed by atoms with Gasteiger partial charge in [0, 0.05) is 12.4 Å². The largest absolute Gasteiger partial charge is 0.340 e. The topological polar surface area (TPSA) is 46.4 Å². The lowest BCUT2D eigenvalue weighted by molar-refractivity contribution is 0.0938. The van der Waals surface area contributed by atoms with E-state index in [9.17, 15) is 4.79 Å². The van der Waals surface area contributed by atoms with E-state index < -0.39 is 0 Å². The zero-order valence-electron chi connectivity index (χ0n) is 14.5. The minimum Gasteiger partial charge on any atom is -0.340 e. The summed E-state index contributed by atoms with van der Waals surface area (Å²) in [6.07, 6.45) is 3.68. The van der Waals surface area contributed by atoms with E-state index in [0.29, 0.717) is 5.69 Å². The highest BCUT2D eigenvalue weighted by atomic mass is 16.2. The average Bonchev–Trinajstić information content (AvgIpc) is 3.10. The Labute approximate surface area is 152 Å². The van der Waals surface area contributed by atoms with Crippen LogP contribution >= 0.6 is 0 Å². The molecule has 2 aromatic heterocycles. The average molecular weight is 341 g/mol. The first-order valence-corrected chi connectivity index (χ1v) is 8.57. The molecule has 4 aromatic rings. The van der Waals surface area contributed by atoms with Crippen LogP contribution in [0.5, 0.6) is 0 Å². The molecule has 0 unspecified atom stereocenters. The normalized spacial score (nSPS) is 11.0. The summed E-state index contributed by atoms with van der Waals surface area (Å²) in [6, 6.07) is 23.7. The molecule has 0 aliphatic carbocycles. The number of hydrogen-bond acceptors (Lipinski definition) is 2. The van der Waals surface area contributed by atoms with Gasteiger partial charge in [-0.2, -0.15) is 0 Å². The van der Waals surface area contributed by atoms with Crippen LogP contribution in [0.4, 0.5) is 0 Å². The van der Waals surface area contributed by atoms with Gasteiger partial charge in [0.05, 0.1) is 6.04 Å². The van der Waals surface area contributed by atoms with Gasteiger partial charge in [-0.15, -0.1) is 0 Å². The molecule has 4 heteroatoms. The third-order valence-corrected chi connectivity index (χ3v) is 4.39. The van der Waals surface area contributed by atoms with Crippen LogP contribution in [0.2, 0.25) is 0 Å². The van der Waals surface area contributed by atoms with E-state index in [2.05, 4.69) is 10.3 Å². The van der Waals surface area contributed by atoms with Crippen molar-refractivity contribution in [2.45, 2.75) is 13.0 Å². The molecule has 128 valence electrons. The van der Waals surface area contributed by atoms with Gasteiger partial charge in [-0.05, 0) is 35.7 Å². The molecular weight excluding hydrogens is 322 g/mol. The van der Waals surface area contributed by atoms with Gasteiger partial charge in [0.15, 0.2) is 0 Å². The monoisotopic (exact) mass is 341 g/mol. The molecule has 4 nitrogen and oxygen atoms in total. The van der Waals surface area contributed by atoms with Crippen LogP contribution in [0.3, 0.4) is 0 Å². The Morgan fingerprint density at radius 1 is 0.962 bits per heavy atom. The number of aromatic nitrogens is 2. The van der Waals surface area contributed by atoms with E-state index in [-0.39, 0.29) is 11.9 Å². The van der Waals surface area contributed by atoms with E-state index in [1.54, 1.807) is 6.20 Å². The molecule has 0 aliphatic heterocycles. The Morgan fingerprint density at radius 2 is 1.58 bits per heavy atom. The van der Waals surface area contributed by atoms with Crippen molar-refractivity contribution in [3.63, 3.8) is 0 Å².